The molecule has 0 spiro atoms. The number of carboxylic acid groups (broad SMARTS) is 1. The predicted octanol–water partition coefficient (Wildman–Crippen LogP) is 1.94. The Labute approximate surface area is 120 Å². The molecule has 0 aromatic rings. The fraction of sp³-hybridized carbons (Fsp3) is 0.867. The maximum absolute atomic E-state index is 12.0. The van der Waals surface area contributed by atoms with Crippen molar-refractivity contribution in [1.82, 2.24) is 5.32 Å². The van der Waals surface area contributed by atoms with Gasteiger partial charge in [-0.15, -0.1) is 0 Å². The van der Waals surface area contributed by atoms with Crippen molar-refractivity contribution >= 4 is 11.9 Å². The third-order valence-corrected chi connectivity index (χ3v) is 4.32. The summed E-state index contributed by atoms with van der Waals surface area (Å²) in [6.45, 7) is 4.48. The van der Waals surface area contributed by atoms with Crippen LogP contribution >= 0.6 is 0 Å². The molecule has 0 heterocycles. The van der Waals surface area contributed by atoms with E-state index in [0.717, 1.165) is 19.3 Å². The zero-order chi connectivity index (χ0) is 15.2. The maximum atomic E-state index is 12.0. The smallest absolute Gasteiger partial charge is 0.310 e. The van der Waals surface area contributed by atoms with Crippen molar-refractivity contribution in [2.45, 2.75) is 58.8 Å². The molecule has 5 nitrogen and oxygen atoms in total. The number of aliphatic hydroxyl groups is 1. The fourth-order valence-electron chi connectivity index (χ4n) is 2.79. The van der Waals surface area contributed by atoms with Gasteiger partial charge in [0.1, 0.15) is 0 Å². The second-order valence-electron chi connectivity index (χ2n) is 6.74. The van der Waals surface area contributed by atoms with Gasteiger partial charge >= 0.3 is 5.97 Å². The molecule has 1 amide bonds. The van der Waals surface area contributed by atoms with Crippen molar-refractivity contribution < 1.29 is 19.8 Å². The fourth-order valence-corrected chi connectivity index (χ4v) is 2.79. The van der Waals surface area contributed by atoms with E-state index < -0.39 is 11.4 Å². The molecule has 1 saturated carbocycles. The Kier molecular flexibility index (Phi) is 5.99. The minimum atomic E-state index is -0.872. The lowest BCUT2D eigenvalue weighted by Gasteiger charge is -2.33. The van der Waals surface area contributed by atoms with E-state index >= 15 is 0 Å². The second kappa shape index (κ2) is 7.07. The summed E-state index contributed by atoms with van der Waals surface area (Å²) in [6.07, 6.45) is 4.69. The Bertz CT molecular complexity index is 346. The van der Waals surface area contributed by atoms with E-state index in [2.05, 4.69) is 5.32 Å². The molecule has 0 radical (unpaired) electrons. The lowest BCUT2D eigenvalue weighted by molar-refractivity contribution is -0.154. The molecule has 0 unspecified atom stereocenters. The van der Waals surface area contributed by atoms with E-state index in [0.29, 0.717) is 25.8 Å². The number of carbonyl (C=O) groups excluding carboxylic acids is 1. The van der Waals surface area contributed by atoms with Crippen LogP contribution in [-0.4, -0.2) is 35.2 Å². The molecule has 3 N–H and O–H groups in total. The van der Waals surface area contributed by atoms with Gasteiger partial charge in [-0.25, -0.2) is 0 Å². The molecular formula is C15H27NO4. The molecule has 1 aliphatic rings. The third kappa shape index (κ3) is 4.78. The Morgan fingerprint density at radius 3 is 2.30 bits per heavy atom. The zero-order valence-corrected chi connectivity index (χ0v) is 12.6. The number of hydrogen-bond donors (Lipinski definition) is 3. The van der Waals surface area contributed by atoms with Gasteiger partial charge in [-0.05, 0) is 24.7 Å². The first-order valence-corrected chi connectivity index (χ1v) is 7.42. The van der Waals surface area contributed by atoms with Gasteiger partial charge in [-0.2, -0.15) is 0 Å². The number of carbonyl (C=O) groups is 2. The topological polar surface area (TPSA) is 86.6 Å². The highest BCUT2D eigenvalue weighted by Gasteiger charge is 2.41. The molecule has 1 fully saturated rings. The van der Waals surface area contributed by atoms with E-state index in [1.807, 2.05) is 13.8 Å². The normalized spacial score (nSPS) is 18.6. The maximum Gasteiger partial charge on any atom is 0.310 e. The van der Waals surface area contributed by atoms with E-state index in [9.17, 15) is 14.7 Å². The Morgan fingerprint density at radius 2 is 1.80 bits per heavy atom. The van der Waals surface area contributed by atoms with Crippen molar-refractivity contribution in [3.8, 4) is 0 Å². The summed E-state index contributed by atoms with van der Waals surface area (Å²) in [6, 6.07) is 0. The summed E-state index contributed by atoms with van der Waals surface area (Å²) in [5.74, 6) is -1.04. The number of amides is 1. The van der Waals surface area contributed by atoms with E-state index in [-0.39, 0.29) is 24.3 Å². The first-order valence-electron chi connectivity index (χ1n) is 7.42. The van der Waals surface area contributed by atoms with Crippen molar-refractivity contribution in [3.63, 3.8) is 0 Å². The van der Waals surface area contributed by atoms with Crippen molar-refractivity contribution in [3.05, 3.63) is 0 Å². The minimum Gasteiger partial charge on any atom is -0.481 e. The van der Waals surface area contributed by atoms with Crippen molar-refractivity contribution in [2.24, 2.45) is 10.8 Å². The van der Waals surface area contributed by atoms with E-state index in [4.69, 9.17) is 5.11 Å². The number of carboxylic acids is 1. The highest BCUT2D eigenvalue weighted by atomic mass is 16.4. The molecule has 5 heteroatoms. The van der Waals surface area contributed by atoms with Gasteiger partial charge in [0.15, 0.2) is 0 Å². The van der Waals surface area contributed by atoms with E-state index in [1.54, 1.807) is 0 Å². The van der Waals surface area contributed by atoms with Crippen LogP contribution in [0.5, 0.6) is 0 Å². The van der Waals surface area contributed by atoms with Crippen LogP contribution in [0, 0.1) is 10.8 Å². The number of aliphatic carboxylic acids is 1. The van der Waals surface area contributed by atoms with Gasteiger partial charge in [0.05, 0.1) is 5.41 Å². The number of rotatable bonds is 7. The Hall–Kier alpha value is -1.10. The standard InChI is InChI=1S/C15H27NO4/c1-14(2,8-9-17)11-16-12(18)10-15(13(19)20)6-4-3-5-7-15/h17H,3-11H2,1-2H3,(H,16,18)(H,19,20). The van der Waals surface area contributed by atoms with Crippen LogP contribution in [-0.2, 0) is 9.59 Å². The van der Waals surface area contributed by atoms with E-state index in [1.165, 1.54) is 0 Å². The van der Waals surface area contributed by atoms with Gasteiger partial charge in [0.2, 0.25) is 5.91 Å². The quantitative estimate of drug-likeness (QED) is 0.667. The largest absolute Gasteiger partial charge is 0.481 e. The predicted molar refractivity (Wildman–Crippen MR) is 76.3 cm³/mol. The summed E-state index contributed by atoms with van der Waals surface area (Å²) in [5.41, 5.74) is -1.04. The zero-order valence-electron chi connectivity index (χ0n) is 12.6. The molecule has 0 aromatic heterocycles. The van der Waals surface area contributed by atoms with Gasteiger partial charge < -0.3 is 15.5 Å². The van der Waals surface area contributed by atoms with Gasteiger partial charge in [0.25, 0.3) is 0 Å². The summed E-state index contributed by atoms with van der Waals surface area (Å²) < 4.78 is 0. The summed E-state index contributed by atoms with van der Waals surface area (Å²) in [4.78, 5) is 23.5. The summed E-state index contributed by atoms with van der Waals surface area (Å²) in [5, 5.41) is 21.2. The van der Waals surface area contributed by atoms with Crippen LogP contribution in [0.15, 0.2) is 0 Å². The van der Waals surface area contributed by atoms with Crippen LogP contribution in [0.3, 0.4) is 0 Å². The number of nitrogens with one attached hydrogen (secondary N) is 1. The molecule has 0 bridgehead atoms. The molecule has 0 saturated heterocycles. The molecule has 116 valence electrons. The lowest BCUT2D eigenvalue weighted by Crippen LogP contribution is -2.41. The highest BCUT2D eigenvalue weighted by Crippen LogP contribution is 2.39. The first kappa shape index (κ1) is 17.0. The average Bonchev–Trinajstić information content (AvgIpc) is 2.37. The lowest BCUT2D eigenvalue weighted by atomic mass is 9.71. The third-order valence-electron chi connectivity index (χ3n) is 4.32. The van der Waals surface area contributed by atoms with Gasteiger partial charge in [-0.3, -0.25) is 9.59 Å². The minimum absolute atomic E-state index is 0.0670. The van der Waals surface area contributed by atoms with Crippen LogP contribution in [0.1, 0.15) is 58.8 Å². The molecule has 0 atom stereocenters. The molecule has 0 aromatic carbocycles. The van der Waals surface area contributed by atoms with Crippen molar-refractivity contribution in [2.75, 3.05) is 13.2 Å². The van der Waals surface area contributed by atoms with Gasteiger partial charge in [-0.1, -0.05) is 33.1 Å². The summed E-state index contributed by atoms with van der Waals surface area (Å²) >= 11 is 0. The van der Waals surface area contributed by atoms with Crippen LogP contribution < -0.4 is 5.32 Å². The number of hydrogen-bond acceptors (Lipinski definition) is 3. The van der Waals surface area contributed by atoms with Crippen LogP contribution in [0.2, 0.25) is 0 Å². The Morgan fingerprint density at radius 1 is 1.20 bits per heavy atom. The molecular weight excluding hydrogens is 258 g/mol. The van der Waals surface area contributed by atoms with Crippen LogP contribution in [0.4, 0.5) is 0 Å². The average molecular weight is 285 g/mol. The monoisotopic (exact) mass is 285 g/mol. The van der Waals surface area contributed by atoms with Crippen LogP contribution in [0.25, 0.3) is 0 Å². The SMILES string of the molecule is CC(C)(CCO)CNC(=O)CC1(C(=O)O)CCCCC1. The Balaban J connectivity index is 2.53. The van der Waals surface area contributed by atoms with Crippen molar-refractivity contribution in [1.29, 1.82) is 0 Å². The molecule has 20 heavy (non-hydrogen) atoms. The van der Waals surface area contributed by atoms with Gasteiger partial charge in [0, 0.05) is 19.6 Å². The second-order valence-corrected chi connectivity index (χ2v) is 6.74. The molecule has 1 aliphatic carbocycles. The summed E-state index contributed by atoms with van der Waals surface area (Å²) in [7, 11) is 0. The highest BCUT2D eigenvalue weighted by molar-refractivity contribution is 5.85. The number of aliphatic hydroxyl groups excluding tert-OH is 1. The molecule has 1 rings (SSSR count). The molecule has 0 aliphatic heterocycles. The first-order chi connectivity index (χ1) is 9.31.